The molecule has 0 spiro atoms. The molecule has 0 unspecified atom stereocenters. The molecule has 2 rings (SSSR count). The first-order valence-corrected chi connectivity index (χ1v) is 11.1. The van der Waals surface area contributed by atoms with Crippen LogP contribution >= 0.6 is 0 Å². The fourth-order valence-electron chi connectivity index (χ4n) is 3.21. The Kier molecular flexibility index (Phi) is 6.86. The highest BCUT2D eigenvalue weighted by Crippen LogP contribution is 2.21. The van der Waals surface area contributed by atoms with Gasteiger partial charge in [-0.2, -0.15) is 9.57 Å². The third kappa shape index (κ3) is 4.90. The van der Waals surface area contributed by atoms with Gasteiger partial charge >= 0.3 is 0 Å². The molecule has 1 heterocycles. The van der Waals surface area contributed by atoms with Gasteiger partial charge in [0.1, 0.15) is 5.54 Å². The maximum atomic E-state index is 13.0. The van der Waals surface area contributed by atoms with E-state index in [0.29, 0.717) is 31.1 Å². The molecule has 0 saturated carbocycles. The first-order valence-electron chi connectivity index (χ1n) is 9.63. The topological polar surface area (TPSA) is 94.7 Å². The molecular formula is C20H31N4O3S+. The number of aryl methyl sites for hydroxylation is 2. The largest absolute Gasteiger partial charge is 0.333 e. The summed E-state index contributed by atoms with van der Waals surface area (Å²) >= 11 is 0. The Morgan fingerprint density at radius 1 is 1.32 bits per heavy atom. The Bertz CT molecular complexity index is 868. The van der Waals surface area contributed by atoms with E-state index in [0.717, 1.165) is 16.0 Å². The summed E-state index contributed by atoms with van der Waals surface area (Å²) in [5, 5.41) is 12.2. The summed E-state index contributed by atoms with van der Waals surface area (Å²) in [6, 6.07) is 7.62. The van der Waals surface area contributed by atoms with Crippen molar-refractivity contribution in [2.75, 3.05) is 32.7 Å². The number of quaternary nitrogens is 1. The van der Waals surface area contributed by atoms with Crippen molar-refractivity contribution in [3.05, 3.63) is 29.3 Å². The molecule has 1 fully saturated rings. The third-order valence-electron chi connectivity index (χ3n) is 5.59. The van der Waals surface area contributed by atoms with Crippen LogP contribution in [0.5, 0.6) is 0 Å². The molecule has 154 valence electrons. The molecule has 0 aromatic heterocycles. The van der Waals surface area contributed by atoms with E-state index in [1.54, 1.807) is 19.9 Å². The molecule has 7 nitrogen and oxygen atoms in total. The Morgan fingerprint density at radius 3 is 2.46 bits per heavy atom. The molecule has 1 aromatic rings. The molecule has 1 aromatic carbocycles. The van der Waals surface area contributed by atoms with Crippen LogP contribution in [0.25, 0.3) is 0 Å². The van der Waals surface area contributed by atoms with Gasteiger partial charge in [0.25, 0.3) is 5.91 Å². The van der Waals surface area contributed by atoms with Gasteiger partial charge in [-0.15, -0.1) is 0 Å². The molecule has 1 atom stereocenters. The molecule has 0 radical (unpaired) electrons. The van der Waals surface area contributed by atoms with Crippen LogP contribution in [-0.2, 0) is 14.8 Å². The highest BCUT2D eigenvalue weighted by molar-refractivity contribution is 7.89. The number of nitrogens with one attached hydrogen (secondary N) is 2. The van der Waals surface area contributed by atoms with Crippen molar-refractivity contribution in [3.8, 4) is 6.07 Å². The molecule has 1 saturated heterocycles. The van der Waals surface area contributed by atoms with Crippen LogP contribution < -0.4 is 10.2 Å². The first-order chi connectivity index (χ1) is 13.0. The minimum absolute atomic E-state index is 0.00370. The van der Waals surface area contributed by atoms with E-state index in [1.165, 1.54) is 4.31 Å². The van der Waals surface area contributed by atoms with E-state index >= 15 is 0 Å². The van der Waals surface area contributed by atoms with Crippen molar-refractivity contribution >= 4 is 15.9 Å². The number of hydrogen-bond acceptors (Lipinski definition) is 4. The average Bonchev–Trinajstić information content (AvgIpc) is 2.63. The summed E-state index contributed by atoms with van der Waals surface area (Å²) in [5.74, 6) is -0.186. The highest BCUT2D eigenvalue weighted by atomic mass is 32.2. The maximum absolute atomic E-state index is 13.0. The second-order valence-corrected chi connectivity index (χ2v) is 10.0. The van der Waals surface area contributed by atoms with Gasteiger partial charge in [0, 0.05) is 0 Å². The Labute approximate surface area is 168 Å². The van der Waals surface area contributed by atoms with E-state index in [1.807, 2.05) is 32.9 Å². The van der Waals surface area contributed by atoms with E-state index in [9.17, 15) is 18.5 Å². The zero-order valence-electron chi connectivity index (χ0n) is 17.4. The zero-order chi connectivity index (χ0) is 21.1. The smallest absolute Gasteiger partial charge is 0.276 e. The van der Waals surface area contributed by atoms with Crippen LogP contribution in [-0.4, -0.2) is 56.9 Å². The summed E-state index contributed by atoms with van der Waals surface area (Å²) < 4.78 is 27.5. The number of nitrogens with zero attached hydrogens (tertiary/aromatic N) is 2. The monoisotopic (exact) mass is 407 g/mol. The maximum Gasteiger partial charge on any atom is 0.276 e. The van der Waals surface area contributed by atoms with Gasteiger partial charge in [0.05, 0.1) is 37.1 Å². The van der Waals surface area contributed by atoms with E-state index in [-0.39, 0.29) is 18.4 Å². The minimum Gasteiger partial charge on any atom is -0.333 e. The number of amides is 1. The van der Waals surface area contributed by atoms with Gasteiger partial charge in [-0.25, -0.2) is 8.42 Å². The quantitative estimate of drug-likeness (QED) is 0.707. The van der Waals surface area contributed by atoms with Crippen LogP contribution in [0.1, 0.15) is 31.9 Å². The lowest BCUT2D eigenvalue weighted by atomic mass is 9.90. The van der Waals surface area contributed by atoms with Gasteiger partial charge in [0.15, 0.2) is 6.54 Å². The van der Waals surface area contributed by atoms with Crippen molar-refractivity contribution in [2.45, 2.75) is 45.1 Å². The predicted molar refractivity (Wildman–Crippen MR) is 107 cm³/mol. The summed E-state index contributed by atoms with van der Waals surface area (Å²) in [5.41, 5.74) is 0.754. The normalized spacial score (nSPS) is 18.5. The van der Waals surface area contributed by atoms with E-state index < -0.39 is 15.6 Å². The molecule has 2 N–H and O–H groups in total. The Hall–Kier alpha value is -1.95. The van der Waals surface area contributed by atoms with Crippen LogP contribution in [0.4, 0.5) is 0 Å². The predicted octanol–water partition coefficient (Wildman–Crippen LogP) is 0.247. The molecule has 1 aliphatic rings. The number of nitriles is 1. The number of hydrogen-bond donors (Lipinski definition) is 2. The van der Waals surface area contributed by atoms with Crippen molar-refractivity contribution in [2.24, 2.45) is 5.92 Å². The Morgan fingerprint density at radius 2 is 1.93 bits per heavy atom. The summed E-state index contributed by atoms with van der Waals surface area (Å²) in [4.78, 5) is 13.7. The highest BCUT2D eigenvalue weighted by Gasteiger charge is 2.34. The zero-order valence-corrected chi connectivity index (χ0v) is 18.2. The molecule has 1 amide bonds. The molecule has 0 bridgehead atoms. The lowest BCUT2D eigenvalue weighted by Gasteiger charge is -2.33. The van der Waals surface area contributed by atoms with Gasteiger partial charge < -0.3 is 10.2 Å². The summed E-state index contributed by atoms with van der Waals surface area (Å²) in [6.07, 6.45) is 0. The van der Waals surface area contributed by atoms with Crippen molar-refractivity contribution in [3.63, 3.8) is 0 Å². The van der Waals surface area contributed by atoms with Crippen molar-refractivity contribution < 1.29 is 18.1 Å². The van der Waals surface area contributed by atoms with Gasteiger partial charge in [0.2, 0.25) is 10.0 Å². The minimum atomic E-state index is -3.53. The summed E-state index contributed by atoms with van der Waals surface area (Å²) in [6.45, 7) is 11.3. The second kappa shape index (κ2) is 8.60. The first kappa shape index (κ1) is 22.3. The summed E-state index contributed by atoms with van der Waals surface area (Å²) in [7, 11) is -3.53. The van der Waals surface area contributed by atoms with Crippen LogP contribution in [0.15, 0.2) is 23.1 Å². The van der Waals surface area contributed by atoms with Gasteiger partial charge in [-0.1, -0.05) is 26.0 Å². The van der Waals surface area contributed by atoms with E-state index in [4.69, 9.17) is 0 Å². The number of benzene rings is 1. The van der Waals surface area contributed by atoms with Crippen molar-refractivity contribution in [1.29, 1.82) is 5.26 Å². The van der Waals surface area contributed by atoms with Crippen LogP contribution in [0.3, 0.4) is 0 Å². The fourth-order valence-corrected chi connectivity index (χ4v) is 4.96. The number of piperazine rings is 1. The lowest BCUT2D eigenvalue weighted by molar-refractivity contribution is -0.895. The Balaban J connectivity index is 1.98. The van der Waals surface area contributed by atoms with E-state index in [2.05, 4.69) is 11.4 Å². The fraction of sp³-hybridized carbons (Fsp3) is 0.600. The molecule has 8 heteroatoms. The lowest BCUT2D eigenvalue weighted by Crippen LogP contribution is -3.16. The molecule has 0 aliphatic carbocycles. The molecule has 28 heavy (non-hydrogen) atoms. The standard InChI is InChI=1S/C20H30N4O3S/c1-15(2)20(5,14-21)22-19(25)13-23-8-10-24(11-9-23)28(26,27)18-12-16(3)6-7-17(18)4/h6-7,12,15H,8-11,13H2,1-5H3,(H,22,25)/p+1/t20-/m1/s1. The van der Waals surface area contributed by atoms with Crippen LogP contribution in [0, 0.1) is 31.1 Å². The van der Waals surface area contributed by atoms with Gasteiger partial charge in [-0.05, 0) is 43.9 Å². The number of sulfonamides is 1. The SMILES string of the molecule is Cc1ccc(C)c(S(=O)(=O)N2CC[NH+](CC(=O)N[C@](C)(C#N)C(C)C)CC2)c1. The number of carbonyl (C=O) groups excluding carboxylic acids is 1. The second-order valence-electron chi connectivity index (χ2n) is 8.12. The molecular weight excluding hydrogens is 376 g/mol. The van der Waals surface area contributed by atoms with Crippen molar-refractivity contribution in [1.82, 2.24) is 9.62 Å². The molecule has 1 aliphatic heterocycles. The van der Waals surface area contributed by atoms with Crippen LogP contribution in [0.2, 0.25) is 0 Å². The average molecular weight is 408 g/mol. The third-order valence-corrected chi connectivity index (χ3v) is 7.63. The number of carbonyl (C=O) groups is 1. The number of rotatable bonds is 6. The van der Waals surface area contributed by atoms with Gasteiger partial charge in [-0.3, -0.25) is 4.79 Å².